The largest absolute Gasteiger partial charge is 0.462 e. The molecular formula is C15H24ClN3O2. The minimum atomic E-state index is -0.419. The summed E-state index contributed by atoms with van der Waals surface area (Å²) in [5.41, 5.74) is 0.344. The first kappa shape index (κ1) is 17.7. The van der Waals surface area contributed by atoms with Gasteiger partial charge in [0.25, 0.3) is 0 Å². The second-order valence-corrected chi connectivity index (χ2v) is 4.94. The molecule has 21 heavy (non-hydrogen) atoms. The van der Waals surface area contributed by atoms with Gasteiger partial charge in [-0.05, 0) is 31.4 Å². The van der Waals surface area contributed by atoms with Crippen LogP contribution >= 0.6 is 11.6 Å². The molecule has 1 saturated carbocycles. The number of aromatic nitrogens is 2. The van der Waals surface area contributed by atoms with E-state index < -0.39 is 5.97 Å². The van der Waals surface area contributed by atoms with Crippen LogP contribution in [0.5, 0.6) is 0 Å². The molecule has 0 unspecified atom stereocenters. The summed E-state index contributed by atoms with van der Waals surface area (Å²) in [4.78, 5) is 19.8. The zero-order valence-electron chi connectivity index (χ0n) is 13.0. The van der Waals surface area contributed by atoms with Crippen molar-refractivity contribution in [2.75, 3.05) is 11.9 Å². The first-order valence-corrected chi connectivity index (χ1v) is 8.04. The lowest BCUT2D eigenvalue weighted by Gasteiger charge is -2.24. The summed E-state index contributed by atoms with van der Waals surface area (Å²) in [7, 11) is 0. The molecule has 0 spiro atoms. The molecule has 1 fully saturated rings. The molecule has 0 aromatic carbocycles. The van der Waals surface area contributed by atoms with E-state index in [1.807, 2.05) is 13.8 Å². The zero-order chi connectivity index (χ0) is 15.7. The third-order valence-corrected chi connectivity index (χ3v) is 3.38. The van der Waals surface area contributed by atoms with Crippen LogP contribution in [-0.4, -0.2) is 28.6 Å². The molecule has 1 heterocycles. The summed E-state index contributed by atoms with van der Waals surface area (Å²) in [6.07, 6.45) is 7.26. The van der Waals surface area contributed by atoms with Gasteiger partial charge in [-0.2, -0.15) is 4.98 Å². The predicted octanol–water partition coefficient (Wildman–Crippen LogP) is 4.08. The minimum Gasteiger partial charge on any atom is -0.462 e. The molecule has 0 atom stereocenters. The van der Waals surface area contributed by atoms with Crippen LogP contribution in [0.15, 0.2) is 6.20 Å². The number of anilines is 1. The van der Waals surface area contributed by atoms with Crippen molar-refractivity contribution >= 4 is 23.4 Å². The Balaban J connectivity index is 0.00000106. The summed E-state index contributed by atoms with van der Waals surface area (Å²) in [5.74, 6) is 0.0582. The zero-order valence-corrected chi connectivity index (χ0v) is 13.7. The quantitative estimate of drug-likeness (QED) is 0.670. The Hall–Kier alpha value is -1.36. The molecule has 118 valence electrons. The van der Waals surface area contributed by atoms with Gasteiger partial charge >= 0.3 is 5.97 Å². The second kappa shape index (κ2) is 9.55. The molecule has 1 aliphatic rings. The van der Waals surface area contributed by atoms with E-state index in [1.165, 1.54) is 25.5 Å². The van der Waals surface area contributed by atoms with Crippen molar-refractivity contribution in [2.45, 2.75) is 58.9 Å². The average Bonchev–Trinajstić information content (AvgIpc) is 2.50. The Kier molecular flexibility index (Phi) is 8.05. The van der Waals surface area contributed by atoms with Crippen LogP contribution in [0, 0.1) is 0 Å². The Morgan fingerprint density at radius 1 is 1.38 bits per heavy atom. The van der Waals surface area contributed by atoms with Gasteiger partial charge in [-0.3, -0.25) is 0 Å². The molecule has 0 saturated heterocycles. The van der Waals surface area contributed by atoms with Gasteiger partial charge in [0.05, 0.1) is 6.61 Å². The summed E-state index contributed by atoms with van der Waals surface area (Å²) in [6.45, 7) is 6.09. The molecule has 1 aromatic heterocycles. The maximum absolute atomic E-state index is 11.8. The van der Waals surface area contributed by atoms with Crippen LogP contribution < -0.4 is 5.32 Å². The molecule has 0 radical (unpaired) electrons. The number of nitrogens with zero attached hydrogens (tertiary/aromatic N) is 2. The highest BCUT2D eigenvalue weighted by Gasteiger charge is 2.20. The Morgan fingerprint density at radius 3 is 2.67 bits per heavy atom. The first-order chi connectivity index (χ1) is 10.2. The van der Waals surface area contributed by atoms with Gasteiger partial charge in [-0.25, -0.2) is 9.78 Å². The van der Waals surface area contributed by atoms with Gasteiger partial charge in [0, 0.05) is 12.2 Å². The monoisotopic (exact) mass is 313 g/mol. The van der Waals surface area contributed by atoms with E-state index in [4.69, 9.17) is 16.3 Å². The van der Waals surface area contributed by atoms with Crippen molar-refractivity contribution in [3.05, 3.63) is 17.0 Å². The van der Waals surface area contributed by atoms with Crippen molar-refractivity contribution in [3.8, 4) is 0 Å². The third kappa shape index (κ3) is 5.50. The number of esters is 1. The summed E-state index contributed by atoms with van der Waals surface area (Å²) >= 11 is 5.80. The van der Waals surface area contributed by atoms with Gasteiger partial charge in [0.2, 0.25) is 5.28 Å². The average molecular weight is 314 g/mol. The Morgan fingerprint density at radius 2 is 2.05 bits per heavy atom. The van der Waals surface area contributed by atoms with E-state index in [-0.39, 0.29) is 5.28 Å². The fraction of sp³-hybridized carbons (Fsp3) is 0.667. The van der Waals surface area contributed by atoms with Crippen LogP contribution in [0.4, 0.5) is 5.82 Å². The van der Waals surface area contributed by atoms with E-state index in [0.29, 0.717) is 24.0 Å². The highest BCUT2D eigenvalue weighted by atomic mass is 35.5. The van der Waals surface area contributed by atoms with Gasteiger partial charge in [0.15, 0.2) is 0 Å². The topological polar surface area (TPSA) is 64.1 Å². The van der Waals surface area contributed by atoms with Crippen LogP contribution in [0.25, 0.3) is 0 Å². The number of hydrogen-bond donors (Lipinski definition) is 1. The fourth-order valence-corrected chi connectivity index (χ4v) is 2.40. The van der Waals surface area contributed by atoms with Crippen LogP contribution in [0.2, 0.25) is 5.28 Å². The van der Waals surface area contributed by atoms with E-state index in [2.05, 4.69) is 15.3 Å². The molecule has 5 nitrogen and oxygen atoms in total. The van der Waals surface area contributed by atoms with E-state index in [9.17, 15) is 4.79 Å². The molecular weight excluding hydrogens is 290 g/mol. The molecule has 1 aromatic rings. The van der Waals surface area contributed by atoms with Gasteiger partial charge < -0.3 is 10.1 Å². The number of hydrogen-bond acceptors (Lipinski definition) is 5. The van der Waals surface area contributed by atoms with Crippen molar-refractivity contribution < 1.29 is 9.53 Å². The Labute approximate surface area is 131 Å². The SMILES string of the molecule is CC.CCOC(=O)c1cnc(Cl)nc1NC1CCCCC1. The summed E-state index contributed by atoms with van der Waals surface area (Å²) in [6, 6.07) is 0.341. The molecule has 1 aliphatic carbocycles. The normalized spacial score (nSPS) is 14.9. The number of rotatable bonds is 4. The van der Waals surface area contributed by atoms with Crippen molar-refractivity contribution in [1.82, 2.24) is 9.97 Å². The highest BCUT2D eigenvalue weighted by Crippen LogP contribution is 2.23. The first-order valence-electron chi connectivity index (χ1n) is 7.67. The summed E-state index contributed by atoms with van der Waals surface area (Å²) in [5, 5.41) is 3.42. The molecule has 0 amide bonds. The maximum atomic E-state index is 11.8. The molecule has 0 bridgehead atoms. The predicted molar refractivity (Wildman–Crippen MR) is 84.8 cm³/mol. The lowest BCUT2D eigenvalue weighted by Crippen LogP contribution is -2.24. The highest BCUT2D eigenvalue weighted by molar-refractivity contribution is 6.28. The molecule has 2 rings (SSSR count). The van der Waals surface area contributed by atoms with Gasteiger partial charge in [-0.1, -0.05) is 33.1 Å². The van der Waals surface area contributed by atoms with Gasteiger partial charge in [-0.15, -0.1) is 0 Å². The van der Waals surface area contributed by atoms with Crippen molar-refractivity contribution in [1.29, 1.82) is 0 Å². The van der Waals surface area contributed by atoms with E-state index in [0.717, 1.165) is 12.8 Å². The van der Waals surface area contributed by atoms with E-state index in [1.54, 1.807) is 6.92 Å². The van der Waals surface area contributed by atoms with Crippen LogP contribution in [-0.2, 0) is 4.74 Å². The minimum absolute atomic E-state index is 0.131. The number of ether oxygens (including phenoxy) is 1. The smallest absolute Gasteiger partial charge is 0.343 e. The number of nitrogens with one attached hydrogen (secondary N) is 1. The molecule has 6 heteroatoms. The number of halogens is 1. The lowest BCUT2D eigenvalue weighted by atomic mass is 9.95. The van der Waals surface area contributed by atoms with Crippen molar-refractivity contribution in [2.24, 2.45) is 0 Å². The molecule has 1 N–H and O–H groups in total. The molecule has 0 aliphatic heterocycles. The standard InChI is InChI=1S/C13H18ClN3O2.C2H6/c1-2-19-12(18)10-8-15-13(14)17-11(10)16-9-6-4-3-5-7-9;1-2/h8-9H,2-7H2,1H3,(H,15,16,17);1-2H3. The van der Waals surface area contributed by atoms with Crippen LogP contribution in [0.1, 0.15) is 63.2 Å². The third-order valence-electron chi connectivity index (χ3n) is 3.20. The second-order valence-electron chi connectivity index (χ2n) is 4.60. The maximum Gasteiger partial charge on any atom is 0.343 e. The fourth-order valence-electron chi connectivity index (χ4n) is 2.27. The van der Waals surface area contributed by atoms with Gasteiger partial charge in [0.1, 0.15) is 11.4 Å². The lowest BCUT2D eigenvalue weighted by molar-refractivity contribution is 0.0526. The number of carbonyl (C=O) groups is 1. The van der Waals surface area contributed by atoms with Crippen molar-refractivity contribution in [3.63, 3.8) is 0 Å². The summed E-state index contributed by atoms with van der Waals surface area (Å²) < 4.78 is 5.00. The number of carbonyl (C=O) groups excluding carboxylic acids is 1. The van der Waals surface area contributed by atoms with Crippen LogP contribution in [0.3, 0.4) is 0 Å². The van der Waals surface area contributed by atoms with E-state index >= 15 is 0 Å². The Bertz CT molecular complexity index is 449.